The van der Waals surface area contributed by atoms with E-state index >= 15 is 0 Å². The van der Waals surface area contributed by atoms with E-state index in [0.29, 0.717) is 48.6 Å². The molecule has 0 heterocycles. The molecule has 5 rings (SSSR count). The van der Waals surface area contributed by atoms with Gasteiger partial charge in [0.1, 0.15) is 29.5 Å². The fourth-order valence-electron chi connectivity index (χ4n) is 11.9. The average molecular weight is 849 g/mol. The molecule has 0 aromatic heterocycles. The highest BCUT2D eigenvalue weighted by molar-refractivity contribution is 5.92. The molecular formula is C50H80N4O7. The molecule has 0 aliphatic heterocycles. The monoisotopic (exact) mass is 849 g/mol. The Kier molecular flexibility index (Phi) is 16.5. The number of phenolic OH excluding ortho intramolecular Hbond substituents is 1. The number of phenols is 1. The zero-order chi connectivity index (χ0) is 44.7. The molecule has 61 heavy (non-hydrogen) atoms. The van der Waals surface area contributed by atoms with Crippen molar-refractivity contribution in [1.29, 1.82) is 0 Å². The van der Waals surface area contributed by atoms with Crippen molar-refractivity contribution in [3.63, 3.8) is 0 Å². The fraction of sp³-hybridized carbons (Fsp3) is 0.760. The Morgan fingerprint density at radius 2 is 1.56 bits per heavy atom. The number of unbranched alkanes of at least 4 members (excludes halogenated alkanes) is 1. The van der Waals surface area contributed by atoms with Crippen LogP contribution in [-0.2, 0) is 30.3 Å². The molecule has 0 unspecified atom stereocenters. The van der Waals surface area contributed by atoms with Gasteiger partial charge in [-0.25, -0.2) is 9.59 Å². The molecule has 4 aliphatic carbocycles. The van der Waals surface area contributed by atoms with Crippen molar-refractivity contribution in [2.45, 2.75) is 188 Å². The zero-order valence-electron chi connectivity index (χ0n) is 38.9. The Morgan fingerprint density at radius 1 is 0.852 bits per heavy atom. The zero-order valence-corrected chi connectivity index (χ0v) is 38.9. The van der Waals surface area contributed by atoms with Gasteiger partial charge in [-0.3, -0.25) is 9.59 Å². The first-order chi connectivity index (χ1) is 28.7. The Morgan fingerprint density at radius 3 is 2.23 bits per heavy atom. The molecule has 11 nitrogen and oxygen atoms in total. The number of esters is 1. The molecule has 0 spiro atoms. The number of aromatic hydroxyl groups is 1. The van der Waals surface area contributed by atoms with Crippen LogP contribution in [-0.4, -0.2) is 65.4 Å². The lowest BCUT2D eigenvalue weighted by atomic mass is 9.47. The van der Waals surface area contributed by atoms with E-state index in [9.17, 15) is 24.3 Å². The van der Waals surface area contributed by atoms with Gasteiger partial charge in [-0.2, -0.15) is 0 Å². The molecule has 3 fully saturated rings. The highest BCUT2D eigenvalue weighted by Crippen LogP contribution is 2.67. The number of nitrogens with two attached hydrogens (primary N) is 1. The molecule has 3 saturated carbocycles. The maximum atomic E-state index is 14.2. The van der Waals surface area contributed by atoms with Crippen LogP contribution in [0.4, 0.5) is 4.79 Å². The number of nitrogens with one attached hydrogen (secondary N) is 3. The molecule has 1 aromatic rings. The van der Waals surface area contributed by atoms with E-state index in [4.69, 9.17) is 15.2 Å². The number of fused-ring (bicyclic) bond motifs is 5. The summed E-state index contributed by atoms with van der Waals surface area (Å²) in [5.41, 5.74) is 7.91. The van der Waals surface area contributed by atoms with Gasteiger partial charge in [0.2, 0.25) is 11.8 Å². The van der Waals surface area contributed by atoms with E-state index in [1.807, 2.05) is 0 Å². The second kappa shape index (κ2) is 20.7. The molecule has 0 bridgehead atoms. The maximum absolute atomic E-state index is 14.2. The molecule has 6 N–H and O–H groups in total. The Hall–Kier alpha value is -3.60. The van der Waals surface area contributed by atoms with Gasteiger partial charge in [0, 0.05) is 19.4 Å². The van der Waals surface area contributed by atoms with Crippen molar-refractivity contribution >= 4 is 23.9 Å². The van der Waals surface area contributed by atoms with Crippen molar-refractivity contribution in [1.82, 2.24) is 16.0 Å². The Labute approximate surface area is 366 Å². The van der Waals surface area contributed by atoms with Crippen molar-refractivity contribution in [2.75, 3.05) is 6.54 Å². The molecule has 1 aromatic carbocycles. The maximum Gasteiger partial charge on any atom is 0.407 e. The van der Waals surface area contributed by atoms with E-state index in [2.05, 4.69) is 56.6 Å². The molecule has 342 valence electrons. The SMILES string of the molecule is CC(C)CCC[C@@H](C)[C@H]1CC[C@H]2[C@@H]3CC=C4C[C@@H](OC(=O)[C@H](CCCCNC(=O)OC(C)(C)C)NC(=O)[C@H](Cc5ccc(O)cc5)NC(=O)[C@H](C)N)CC[C@]4(C)[C@H]3CC[C@]12C. The van der Waals surface area contributed by atoms with Gasteiger partial charge >= 0.3 is 12.1 Å². The summed E-state index contributed by atoms with van der Waals surface area (Å²) in [6.45, 7) is 19.6. The lowest BCUT2D eigenvalue weighted by Crippen LogP contribution is -2.55. The Bertz CT molecular complexity index is 1690. The fourth-order valence-corrected chi connectivity index (χ4v) is 11.9. The smallest absolute Gasteiger partial charge is 0.407 e. The summed E-state index contributed by atoms with van der Waals surface area (Å²) >= 11 is 0. The number of amides is 3. The first kappa shape index (κ1) is 48.4. The van der Waals surface area contributed by atoms with Crippen molar-refractivity contribution in [3.8, 4) is 5.75 Å². The van der Waals surface area contributed by atoms with E-state index < -0.39 is 47.6 Å². The minimum Gasteiger partial charge on any atom is -0.508 e. The van der Waals surface area contributed by atoms with Crippen molar-refractivity contribution in [3.05, 3.63) is 41.5 Å². The van der Waals surface area contributed by atoms with Gasteiger partial charge in [0.15, 0.2) is 0 Å². The number of carbonyl (C=O) groups excluding carboxylic acids is 4. The summed E-state index contributed by atoms with van der Waals surface area (Å²) in [6, 6.07) is 3.56. The number of hydrogen-bond donors (Lipinski definition) is 5. The third kappa shape index (κ3) is 12.5. The lowest BCUT2D eigenvalue weighted by Gasteiger charge is -2.58. The van der Waals surface area contributed by atoms with Gasteiger partial charge < -0.3 is 36.3 Å². The minimum atomic E-state index is -1.02. The van der Waals surface area contributed by atoms with Crippen LogP contribution in [0, 0.1) is 46.3 Å². The van der Waals surface area contributed by atoms with Crippen molar-refractivity contribution < 1.29 is 33.8 Å². The molecule has 0 saturated heterocycles. The molecule has 11 atom stereocenters. The summed E-state index contributed by atoms with van der Waals surface area (Å²) in [6.07, 6.45) is 16.1. The second-order valence-electron chi connectivity index (χ2n) is 21.3. The predicted octanol–water partition coefficient (Wildman–Crippen LogP) is 8.90. The van der Waals surface area contributed by atoms with Crippen LogP contribution in [0.1, 0.15) is 158 Å². The summed E-state index contributed by atoms with van der Waals surface area (Å²) in [7, 11) is 0. The van der Waals surface area contributed by atoms with Gasteiger partial charge in [0.25, 0.3) is 0 Å². The van der Waals surface area contributed by atoms with E-state index in [-0.39, 0.29) is 30.1 Å². The number of carbonyl (C=O) groups is 4. The predicted molar refractivity (Wildman–Crippen MR) is 240 cm³/mol. The van der Waals surface area contributed by atoms with Crippen LogP contribution >= 0.6 is 0 Å². The standard InChI is InChI=1S/C50H80N4O7/c1-31(2)13-12-14-32(3)39-22-23-40-38-21-18-35-30-37(24-26-49(35,8)41(38)25-27-50(39,40)9)60-46(58)42(15-10-11-28-52-47(59)61-48(5,6)7)53-45(57)43(54-44(56)33(4)51)29-34-16-19-36(55)20-17-34/h16-20,31-33,37-43,55H,10-15,21-30,51H2,1-9H3,(H,52,59)(H,53,57)(H,54,56)/t32-,33+,37+,38+,39-,40+,41+,42+,43+,49+,50-/m1/s1. The summed E-state index contributed by atoms with van der Waals surface area (Å²) < 4.78 is 11.7. The van der Waals surface area contributed by atoms with Gasteiger partial charge in [0.05, 0.1) is 6.04 Å². The van der Waals surface area contributed by atoms with E-state index in [0.717, 1.165) is 42.9 Å². The summed E-state index contributed by atoms with van der Waals surface area (Å²) in [5.74, 6) is 3.06. The number of alkyl carbamates (subject to hydrolysis) is 1. The normalized spacial score (nSPS) is 29.1. The van der Waals surface area contributed by atoms with Gasteiger partial charge in [-0.15, -0.1) is 0 Å². The highest BCUT2D eigenvalue weighted by Gasteiger charge is 2.59. The topological polar surface area (TPSA) is 169 Å². The number of benzene rings is 1. The summed E-state index contributed by atoms with van der Waals surface area (Å²) in [4.78, 5) is 53.1. The number of allylic oxidation sites excluding steroid dienone is 1. The van der Waals surface area contributed by atoms with Crippen LogP contribution in [0.5, 0.6) is 5.75 Å². The van der Waals surface area contributed by atoms with Crippen LogP contribution < -0.4 is 21.7 Å². The number of ether oxygens (including phenoxy) is 2. The minimum absolute atomic E-state index is 0.0850. The third-order valence-electron chi connectivity index (χ3n) is 15.2. The average Bonchev–Trinajstić information content (AvgIpc) is 3.54. The lowest BCUT2D eigenvalue weighted by molar-refractivity contribution is -0.155. The van der Waals surface area contributed by atoms with Crippen LogP contribution in [0.15, 0.2) is 35.9 Å². The highest BCUT2D eigenvalue weighted by atomic mass is 16.6. The molecule has 4 aliphatic rings. The number of hydrogen-bond acceptors (Lipinski definition) is 8. The van der Waals surface area contributed by atoms with Gasteiger partial charge in [-0.05, 0) is 156 Å². The van der Waals surface area contributed by atoms with Crippen LogP contribution in [0.3, 0.4) is 0 Å². The molecule has 11 heteroatoms. The largest absolute Gasteiger partial charge is 0.508 e. The second-order valence-corrected chi connectivity index (χ2v) is 21.3. The third-order valence-corrected chi connectivity index (χ3v) is 15.2. The molecular weight excluding hydrogens is 769 g/mol. The Balaban J connectivity index is 1.25. The van der Waals surface area contributed by atoms with Crippen molar-refractivity contribution in [2.24, 2.45) is 52.1 Å². The first-order valence-corrected chi connectivity index (χ1v) is 23.7. The summed E-state index contributed by atoms with van der Waals surface area (Å²) in [5, 5.41) is 18.2. The quantitative estimate of drug-likeness (QED) is 0.0555. The van der Waals surface area contributed by atoms with E-state index in [1.54, 1.807) is 39.8 Å². The van der Waals surface area contributed by atoms with Gasteiger partial charge in [-0.1, -0.05) is 77.7 Å². The van der Waals surface area contributed by atoms with Crippen LogP contribution in [0.2, 0.25) is 0 Å². The first-order valence-electron chi connectivity index (χ1n) is 23.7. The number of rotatable bonds is 18. The molecule has 0 radical (unpaired) electrons. The van der Waals surface area contributed by atoms with E-state index in [1.165, 1.54) is 62.7 Å². The van der Waals surface area contributed by atoms with Crippen LogP contribution in [0.25, 0.3) is 0 Å². The molecule has 3 amide bonds.